The summed E-state index contributed by atoms with van der Waals surface area (Å²) >= 11 is 1.37. The number of aromatic amines is 1. The molecule has 0 bridgehead atoms. The molecule has 7 heteroatoms. The number of para-hydroxylation sites is 1. The molecule has 0 saturated carbocycles. The first-order valence-corrected chi connectivity index (χ1v) is 11.3. The summed E-state index contributed by atoms with van der Waals surface area (Å²) in [6.45, 7) is 6.14. The second kappa shape index (κ2) is 8.07. The summed E-state index contributed by atoms with van der Waals surface area (Å²) in [6.07, 6.45) is 1.68. The quantitative estimate of drug-likeness (QED) is 0.513. The largest absolute Gasteiger partial charge is 0.325 e. The predicted molar refractivity (Wildman–Crippen MR) is 119 cm³/mol. The van der Waals surface area contributed by atoms with Crippen LogP contribution >= 0.6 is 11.8 Å². The highest BCUT2D eigenvalue weighted by molar-refractivity contribution is 7.98. The van der Waals surface area contributed by atoms with Crippen LogP contribution in [-0.2, 0) is 4.79 Å². The molecule has 154 valence electrons. The van der Waals surface area contributed by atoms with Gasteiger partial charge in [-0.15, -0.1) is 0 Å². The van der Waals surface area contributed by atoms with Crippen molar-refractivity contribution >= 4 is 23.4 Å². The summed E-state index contributed by atoms with van der Waals surface area (Å²) in [5.41, 5.74) is 3.81. The van der Waals surface area contributed by atoms with Crippen LogP contribution in [0.5, 0.6) is 0 Å². The fourth-order valence-electron chi connectivity index (χ4n) is 3.86. The normalized spacial score (nSPS) is 15.1. The Morgan fingerprint density at radius 2 is 1.90 bits per heavy atom. The SMILES string of the molecule is CCC(=O)N1c2ccccc2-c2c(=O)[nH]c(SC)n[n+]2[C@@H]1c1ccc(C(C)C)cc1. The van der Waals surface area contributed by atoms with E-state index in [9.17, 15) is 9.59 Å². The molecule has 1 aliphatic heterocycles. The van der Waals surface area contributed by atoms with E-state index in [0.717, 1.165) is 11.3 Å². The molecule has 1 aromatic heterocycles. The summed E-state index contributed by atoms with van der Waals surface area (Å²) in [4.78, 5) is 30.8. The third-order valence-electron chi connectivity index (χ3n) is 5.42. The highest BCUT2D eigenvalue weighted by atomic mass is 32.2. The molecular formula is C23H25N4O2S+. The van der Waals surface area contributed by atoms with Gasteiger partial charge in [0.1, 0.15) is 0 Å². The van der Waals surface area contributed by atoms with Crippen molar-refractivity contribution in [2.45, 2.75) is 44.4 Å². The van der Waals surface area contributed by atoms with Crippen molar-refractivity contribution in [3.8, 4) is 11.3 Å². The molecule has 2 heterocycles. The number of hydrogen-bond donors (Lipinski definition) is 1. The van der Waals surface area contributed by atoms with E-state index in [1.54, 1.807) is 9.58 Å². The lowest BCUT2D eigenvalue weighted by Gasteiger charge is -2.32. The minimum Gasteiger partial charge on any atom is -0.291 e. The van der Waals surface area contributed by atoms with Crippen molar-refractivity contribution in [1.82, 2.24) is 10.1 Å². The minimum absolute atomic E-state index is 0.0219. The van der Waals surface area contributed by atoms with Gasteiger partial charge in [-0.1, -0.05) is 56.8 Å². The van der Waals surface area contributed by atoms with E-state index < -0.39 is 6.17 Å². The van der Waals surface area contributed by atoms with Gasteiger partial charge in [0.25, 0.3) is 6.17 Å². The standard InChI is InChI=1S/C23H24N4O2S/c1-5-19(28)26-18-9-7-6-8-17(18)20-21(29)24-23(30-4)25-27(20)22(26)16-12-10-15(11-13-16)14(2)3/h6-14,22H,5H2,1-4H3/p+1/t22-/m1/s1. The van der Waals surface area contributed by atoms with Crippen molar-refractivity contribution in [3.63, 3.8) is 0 Å². The maximum atomic E-state index is 13.1. The molecule has 0 radical (unpaired) electrons. The molecule has 1 amide bonds. The number of nitrogens with one attached hydrogen (secondary N) is 1. The van der Waals surface area contributed by atoms with Crippen LogP contribution in [-0.4, -0.2) is 22.2 Å². The van der Waals surface area contributed by atoms with Gasteiger partial charge in [-0.2, -0.15) is 0 Å². The number of fused-ring (bicyclic) bond motifs is 3. The van der Waals surface area contributed by atoms with E-state index in [1.165, 1.54) is 17.3 Å². The number of thioether (sulfide) groups is 1. The van der Waals surface area contributed by atoms with Crippen LogP contribution in [0, 0.1) is 0 Å². The molecule has 0 saturated heterocycles. The Labute approximate surface area is 180 Å². The Morgan fingerprint density at radius 3 is 2.53 bits per heavy atom. The number of aromatic nitrogens is 3. The van der Waals surface area contributed by atoms with Crippen LogP contribution in [0.15, 0.2) is 58.5 Å². The van der Waals surface area contributed by atoms with Crippen LogP contribution in [0.2, 0.25) is 0 Å². The number of rotatable bonds is 4. The van der Waals surface area contributed by atoms with Crippen LogP contribution < -0.4 is 15.1 Å². The zero-order chi connectivity index (χ0) is 21.4. The smallest absolute Gasteiger partial charge is 0.291 e. The Morgan fingerprint density at radius 1 is 1.20 bits per heavy atom. The Balaban J connectivity index is 2.02. The van der Waals surface area contributed by atoms with Gasteiger partial charge in [-0.05, 0) is 46.7 Å². The number of H-pyrrole nitrogens is 1. The number of hydrogen-bond acceptors (Lipinski definition) is 4. The third-order valence-corrected chi connectivity index (χ3v) is 5.99. The number of amides is 1. The molecule has 0 spiro atoms. The van der Waals surface area contributed by atoms with Gasteiger partial charge < -0.3 is 0 Å². The van der Waals surface area contributed by atoms with Gasteiger partial charge in [-0.25, -0.2) is 4.90 Å². The average Bonchev–Trinajstić information content (AvgIpc) is 2.77. The second-order valence-corrected chi connectivity index (χ2v) is 8.38. The minimum atomic E-state index is -0.531. The van der Waals surface area contributed by atoms with Gasteiger partial charge in [0.2, 0.25) is 11.1 Å². The average molecular weight is 422 g/mol. The number of carbonyl (C=O) groups is 1. The van der Waals surface area contributed by atoms with E-state index in [-0.39, 0.29) is 11.5 Å². The summed E-state index contributed by atoms with van der Waals surface area (Å²) in [5, 5.41) is 5.21. The molecule has 1 aliphatic rings. The fourth-order valence-corrected chi connectivity index (χ4v) is 4.22. The lowest BCUT2D eigenvalue weighted by molar-refractivity contribution is -0.763. The highest BCUT2D eigenvalue weighted by Gasteiger charge is 2.45. The highest BCUT2D eigenvalue weighted by Crippen LogP contribution is 2.37. The fraction of sp³-hybridized carbons (Fsp3) is 0.304. The van der Waals surface area contributed by atoms with Gasteiger partial charge in [0, 0.05) is 17.1 Å². The number of anilines is 1. The lowest BCUT2D eigenvalue weighted by Crippen LogP contribution is -2.60. The number of benzene rings is 2. The first kappa shape index (κ1) is 20.3. The molecule has 0 aliphatic carbocycles. The molecule has 30 heavy (non-hydrogen) atoms. The molecule has 1 N–H and O–H groups in total. The summed E-state index contributed by atoms with van der Waals surface area (Å²) in [6, 6.07) is 15.7. The number of carbonyl (C=O) groups excluding carboxylic acids is 1. The topological polar surface area (TPSA) is 69.9 Å². The molecule has 3 aromatic rings. The van der Waals surface area contributed by atoms with E-state index in [2.05, 4.69) is 31.0 Å². The maximum absolute atomic E-state index is 13.1. The zero-order valence-electron chi connectivity index (χ0n) is 17.5. The van der Waals surface area contributed by atoms with Crippen LogP contribution in [0.4, 0.5) is 5.69 Å². The molecule has 2 aromatic carbocycles. The van der Waals surface area contributed by atoms with E-state index >= 15 is 0 Å². The van der Waals surface area contributed by atoms with Crippen LogP contribution in [0.3, 0.4) is 0 Å². The van der Waals surface area contributed by atoms with Gasteiger partial charge in [-0.3, -0.25) is 14.6 Å². The monoisotopic (exact) mass is 421 g/mol. The van der Waals surface area contributed by atoms with Crippen molar-refractivity contribution in [1.29, 1.82) is 0 Å². The number of nitrogens with zero attached hydrogens (tertiary/aromatic N) is 3. The predicted octanol–water partition coefficient (Wildman–Crippen LogP) is 3.87. The molecule has 0 unspecified atom stereocenters. The van der Waals surface area contributed by atoms with Gasteiger partial charge in [0.15, 0.2) is 0 Å². The van der Waals surface area contributed by atoms with E-state index in [4.69, 9.17) is 5.10 Å². The van der Waals surface area contributed by atoms with Crippen LogP contribution in [0.25, 0.3) is 11.3 Å². The summed E-state index contributed by atoms with van der Waals surface area (Å²) < 4.78 is 1.70. The van der Waals surface area contributed by atoms with Gasteiger partial charge >= 0.3 is 11.3 Å². The maximum Gasteiger partial charge on any atom is 0.325 e. The van der Waals surface area contributed by atoms with Crippen molar-refractivity contribution in [2.24, 2.45) is 0 Å². The van der Waals surface area contributed by atoms with Gasteiger partial charge in [0.05, 0.1) is 11.3 Å². The molecule has 0 fully saturated rings. The first-order valence-electron chi connectivity index (χ1n) is 10.1. The van der Waals surface area contributed by atoms with Crippen LogP contribution in [0.1, 0.15) is 50.4 Å². The summed E-state index contributed by atoms with van der Waals surface area (Å²) in [5.74, 6) is 0.384. The van der Waals surface area contributed by atoms with Crippen molar-refractivity contribution in [3.05, 3.63) is 70.0 Å². The Kier molecular flexibility index (Phi) is 5.47. The van der Waals surface area contributed by atoms with E-state index in [0.29, 0.717) is 28.8 Å². The molecule has 1 atom stereocenters. The molecule has 6 nitrogen and oxygen atoms in total. The first-order chi connectivity index (χ1) is 14.5. The second-order valence-electron chi connectivity index (χ2n) is 7.59. The molecular weight excluding hydrogens is 396 g/mol. The Hall–Kier alpha value is -2.93. The van der Waals surface area contributed by atoms with Crippen molar-refractivity contribution < 1.29 is 9.48 Å². The zero-order valence-corrected chi connectivity index (χ0v) is 18.4. The third kappa shape index (κ3) is 3.33. The van der Waals surface area contributed by atoms with Crippen molar-refractivity contribution in [2.75, 3.05) is 11.2 Å². The lowest BCUT2D eigenvalue weighted by atomic mass is 9.98. The summed E-state index contributed by atoms with van der Waals surface area (Å²) in [7, 11) is 0. The Bertz CT molecular complexity index is 1150. The molecule has 4 rings (SSSR count). The van der Waals surface area contributed by atoms with E-state index in [1.807, 2.05) is 49.6 Å².